The second kappa shape index (κ2) is 6.83. The number of ketones is 1. The molecule has 164 valence electrons. The van der Waals surface area contributed by atoms with E-state index in [0.29, 0.717) is 29.5 Å². The minimum atomic E-state index is -0.114. The first kappa shape index (κ1) is 19.8. The van der Waals surface area contributed by atoms with Crippen molar-refractivity contribution in [3.8, 4) is 0 Å². The quantitative estimate of drug-likeness (QED) is 0.559. The summed E-state index contributed by atoms with van der Waals surface area (Å²) in [6.45, 7) is 7.42. The van der Waals surface area contributed by atoms with Gasteiger partial charge in [-0.25, -0.2) is 0 Å². The number of allylic oxidation sites excluding steroid dienone is 4. The van der Waals surface area contributed by atoms with Gasteiger partial charge in [0.2, 0.25) is 0 Å². The van der Waals surface area contributed by atoms with Gasteiger partial charge in [-0.1, -0.05) is 38.1 Å². The number of benzene rings is 1. The Morgan fingerprint density at radius 3 is 2.87 bits per heavy atom. The fraction of sp³-hybridized carbons (Fsp3) is 0.621. The summed E-state index contributed by atoms with van der Waals surface area (Å²) in [4.78, 5) is 13.1. The summed E-state index contributed by atoms with van der Waals surface area (Å²) in [7, 11) is 0. The van der Waals surface area contributed by atoms with Gasteiger partial charge in [0, 0.05) is 23.7 Å². The first-order chi connectivity index (χ1) is 15.0. The summed E-state index contributed by atoms with van der Waals surface area (Å²) < 4.78 is 5.98. The molecule has 5 aliphatic rings. The lowest BCUT2D eigenvalue weighted by atomic mass is 9.41. The summed E-state index contributed by atoms with van der Waals surface area (Å²) in [6.07, 6.45) is 13.6. The third-order valence-corrected chi connectivity index (χ3v) is 10.0. The molecule has 2 fully saturated rings. The Kier molecular flexibility index (Phi) is 4.37. The SMILES string of the molecule is CCOC1=CC2=CC[C@@H]3[C@@H]4[C@H](C[C@]5(C)C(=O)CC[C@@H]35)c3ccc(CC)cc3C[C@]24CC1. The fourth-order valence-electron chi connectivity index (χ4n) is 8.70. The number of Topliss-reactive ketones (excluding diaryl/α,β-unsaturated/α-hetero) is 1. The highest BCUT2D eigenvalue weighted by atomic mass is 16.5. The van der Waals surface area contributed by atoms with Gasteiger partial charge in [-0.15, -0.1) is 0 Å². The van der Waals surface area contributed by atoms with E-state index in [-0.39, 0.29) is 10.8 Å². The molecule has 0 radical (unpaired) electrons. The van der Waals surface area contributed by atoms with Gasteiger partial charge in [0.05, 0.1) is 12.4 Å². The van der Waals surface area contributed by atoms with Gasteiger partial charge in [-0.3, -0.25) is 4.79 Å². The monoisotopic (exact) mass is 416 g/mol. The van der Waals surface area contributed by atoms with Crippen molar-refractivity contribution in [1.29, 1.82) is 0 Å². The van der Waals surface area contributed by atoms with Crippen LogP contribution < -0.4 is 0 Å². The molecular formula is C29H36O2. The van der Waals surface area contributed by atoms with E-state index in [0.717, 1.165) is 45.1 Å². The molecule has 1 aromatic carbocycles. The van der Waals surface area contributed by atoms with Gasteiger partial charge in [-0.2, -0.15) is 0 Å². The zero-order chi connectivity index (χ0) is 21.4. The Labute approximate surface area is 187 Å². The van der Waals surface area contributed by atoms with Crippen LogP contribution in [0.2, 0.25) is 0 Å². The standard InChI is InChI=1S/C29H36O2/c1-4-18-6-8-22-19(14-18)16-29-13-12-21(31-5-2)15-20(29)7-9-23-25-10-11-26(30)28(25,3)17-24(22)27(23)29/h6-8,14-15,23-25,27H,4-5,9-13,16-17H2,1-3H3/t23-,24+,25-,27+,28-,29+/m0/s1. The molecule has 5 aliphatic carbocycles. The maximum atomic E-state index is 13.1. The zero-order valence-electron chi connectivity index (χ0n) is 19.4. The number of carbonyl (C=O) groups is 1. The highest BCUT2D eigenvalue weighted by Gasteiger charge is 2.64. The average molecular weight is 417 g/mol. The van der Waals surface area contributed by atoms with Crippen LogP contribution in [0, 0.1) is 28.6 Å². The largest absolute Gasteiger partial charge is 0.498 e. The van der Waals surface area contributed by atoms with Crippen LogP contribution in [0.25, 0.3) is 0 Å². The van der Waals surface area contributed by atoms with Crippen LogP contribution >= 0.6 is 0 Å². The van der Waals surface area contributed by atoms with E-state index in [4.69, 9.17) is 4.74 Å². The molecule has 0 aliphatic heterocycles. The molecule has 31 heavy (non-hydrogen) atoms. The van der Waals surface area contributed by atoms with Crippen molar-refractivity contribution in [2.75, 3.05) is 6.61 Å². The summed E-state index contributed by atoms with van der Waals surface area (Å²) >= 11 is 0. The predicted molar refractivity (Wildman–Crippen MR) is 124 cm³/mol. The van der Waals surface area contributed by atoms with Gasteiger partial charge in [-0.05, 0) is 97.5 Å². The number of ether oxygens (including phenoxy) is 1. The summed E-state index contributed by atoms with van der Waals surface area (Å²) in [5, 5.41) is 0. The van der Waals surface area contributed by atoms with E-state index < -0.39 is 0 Å². The van der Waals surface area contributed by atoms with Gasteiger partial charge < -0.3 is 4.74 Å². The molecule has 0 saturated heterocycles. The third kappa shape index (κ3) is 2.60. The van der Waals surface area contributed by atoms with E-state index in [1.54, 1.807) is 16.7 Å². The lowest BCUT2D eigenvalue weighted by Gasteiger charge is -2.62. The minimum absolute atomic E-state index is 0.114. The molecular weight excluding hydrogens is 380 g/mol. The van der Waals surface area contributed by atoms with Gasteiger partial charge >= 0.3 is 0 Å². The fourth-order valence-corrected chi connectivity index (χ4v) is 8.70. The molecule has 0 amide bonds. The Bertz CT molecular complexity index is 1000. The van der Waals surface area contributed by atoms with Gasteiger partial charge in [0.15, 0.2) is 0 Å². The van der Waals surface area contributed by atoms with Crippen LogP contribution in [0.1, 0.15) is 81.9 Å². The Morgan fingerprint density at radius 1 is 1.19 bits per heavy atom. The number of fused-ring (bicyclic) bond motifs is 4. The second-order valence-corrected chi connectivity index (χ2v) is 11.1. The highest BCUT2D eigenvalue weighted by molar-refractivity contribution is 5.87. The minimum Gasteiger partial charge on any atom is -0.498 e. The van der Waals surface area contributed by atoms with Crippen LogP contribution in [0.3, 0.4) is 0 Å². The molecule has 2 saturated carbocycles. The molecule has 2 nitrogen and oxygen atoms in total. The van der Waals surface area contributed by atoms with E-state index in [1.807, 2.05) is 0 Å². The van der Waals surface area contributed by atoms with E-state index in [9.17, 15) is 4.79 Å². The summed E-state index contributed by atoms with van der Waals surface area (Å²) in [5.74, 6) is 4.15. The number of aryl methyl sites for hydroxylation is 1. The molecule has 1 aromatic rings. The first-order valence-corrected chi connectivity index (χ1v) is 12.7. The lowest BCUT2D eigenvalue weighted by molar-refractivity contribution is -0.133. The Morgan fingerprint density at radius 2 is 2.06 bits per heavy atom. The van der Waals surface area contributed by atoms with Gasteiger partial charge in [0.1, 0.15) is 5.78 Å². The third-order valence-electron chi connectivity index (χ3n) is 10.0. The smallest absolute Gasteiger partial charge is 0.139 e. The van der Waals surface area contributed by atoms with Crippen LogP contribution in [0.5, 0.6) is 0 Å². The van der Waals surface area contributed by atoms with Gasteiger partial charge in [0.25, 0.3) is 0 Å². The number of carbonyl (C=O) groups excluding carboxylic acids is 1. The second-order valence-electron chi connectivity index (χ2n) is 11.1. The van der Waals surface area contributed by atoms with Crippen molar-refractivity contribution < 1.29 is 9.53 Å². The highest BCUT2D eigenvalue weighted by Crippen LogP contribution is 2.70. The van der Waals surface area contributed by atoms with Crippen molar-refractivity contribution in [2.24, 2.45) is 28.6 Å². The van der Waals surface area contributed by atoms with Crippen LogP contribution in [0.4, 0.5) is 0 Å². The van der Waals surface area contributed by atoms with E-state index >= 15 is 0 Å². The first-order valence-electron chi connectivity index (χ1n) is 12.7. The van der Waals surface area contributed by atoms with E-state index in [2.05, 4.69) is 51.1 Å². The normalized spacial score (nSPS) is 40.2. The van der Waals surface area contributed by atoms with Crippen molar-refractivity contribution in [2.45, 2.75) is 78.1 Å². The molecule has 6 atom stereocenters. The summed E-state index contributed by atoms with van der Waals surface area (Å²) in [5.41, 5.74) is 6.25. The maximum Gasteiger partial charge on any atom is 0.139 e. The summed E-state index contributed by atoms with van der Waals surface area (Å²) in [6, 6.07) is 7.28. The molecule has 1 spiro atoms. The maximum absolute atomic E-state index is 13.1. The predicted octanol–water partition coefficient (Wildman–Crippen LogP) is 6.54. The molecule has 0 unspecified atom stereocenters. The topological polar surface area (TPSA) is 26.3 Å². The van der Waals surface area contributed by atoms with Crippen LogP contribution in [0.15, 0.2) is 41.7 Å². The van der Waals surface area contributed by atoms with Crippen molar-refractivity contribution in [1.82, 2.24) is 0 Å². The van der Waals surface area contributed by atoms with Crippen LogP contribution in [-0.4, -0.2) is 12.4 Å². The average Bonchev–Trinajstić information content (AvgIpc) is 3.07. The molecule has 2 heteroatoms. The van der Waals surface area contributed by atoms with Crippen molar-refractivity contribution in [3.05, 3.63) is 58.4 Å². The molecule has 0 bridgehead atoms. The van der Waals surface area contributed by atoms with E-state index in [1.165, 1.54) is 24.2 Å². The van der Waals surface area contributed by atoms with Crippen molar-refractivity contribution in [3.63, 3.8) is 0 Å². The molecule has 0 N–H and O–H groups in total. The molecule has 6 rings (SSSR count). The van der Waals surface area contributed by atoms with Crippen molar-refractivity contribution >= 4 is 5.78 Å². The molecule has 0 aromatic heterocycles. The van der Waals surface area contributed by atoms with Crippen LogP contribution in [-0.2, 0) is 22.4 Å². The Hall–Kier alpha value is -1.83. The number of rotatable bonds is 3. The number of hydrogen-bond acceptors (Lipinski definition) is 2. The Balaban J connectivity index is 1.54. The zero-order valence-corrected chi connectivity index (χ0v) is 19.4. The molecule has 0 heterocycles. The number of hydrogen-bond donors (Lipinski definition) is 0. The lowest BCUT2D eigenvalue weighted by Crippen LogP contribution is -2.56.